The SMILES string of the molecule is COC(=O)Nc1cccc(NCc2ncc(C(C)(C)C)o2)c1. The molecule has 0 aliphatic heterocycles. The van der Waals surface area contributed by atoms with Crippen molar-refractivity contribution in [3.8, 4) is 0 Å². The Balaban J connectivity index is 1.98. The first kappa shape index (κ1) is 15.9. The fourth-order valence-corrected chi connectivity index (χ4v) is 1.79. The minimum absolute atomic E-state index is 0.0599. The smallest absolute Gasteiger partial charge is 0.411 e. The summed E-state index contributed by atoms with van der Waals surface area (Å²) < 4.78 is 10.3. The van der Waals surface area contributed by atoms with Gasteiger partial charge in [-0.25, -0.2) is 9.78 Å². The van der Waals surface area contributed by atoms with Crippen LogP contribution < -0.4 is 10.6 Å². The molecule has 0 saturated heterocycles. The fourth-order valence-electron chi connectivity index (χ4n) is 1.79. The molecule has 1 aromatic carbocycles. The van der Waals surface area contributed by atoms with E-state index in [2.05, 4.69) is 41.1 Å². The number of nitrogens with one attached hydrogen (secondary N) is 2. The van der Waals surface area contributed by atoms with Gasteiger partial charge in [0.05, 0.1) is 19.9 Å². The van der Waals surface area contributed by atoms with E-state index in [4.69, 9.17) is 4.42 Å². The van der Waals surface area contributed by atoms with Crippen molar-refractivity contribution >= 4 is 17.5 Å². The first-order valence-electron chi connectivity index (χ1n) is 7.02. The largest absolute Gasteiger partial charge is 0.453 e. The summed E-state index contributed by atoms with van der Waals surface area (Å²) in [7, 11) is 1.33. The third-order valence-electron chi connectivity index (χ3n) is 3.03. The van der Waals surface area contributed by atoms with Gasteiger partial charge in [0.15, 0.2) is 0 Å². The van der Waals surface area contributed by atoms with E-state index in [1.54, 1.807) is 12.3 Å². The molecule has 0 atom stereocenters. The van der Waals surface area contributed by atoms with Gasteiger partial charge in [0.2, 0.25) is 5.89 Å². The quantitative estimate of drug-likeness (QED) is 0.899. The molecule has 0 fully saturated rings. The topological polar surface area (TPSA) is 76.4 Å². The Morgan fingerprint density at radius 2 is 2.05 bits per heavy atom. The zero-order valence-corrected chi connectivity index (χ0v) is 13.3. The molecular weight excluding hydrogens is 282 g/mol. The average Bonchev–Trinajstić information content (AvgIpc) is 2.94. The van der Waals surface area contributed by atoms with Crippen LogP contribution in [0.4, 0.5) is 16.2 Å². The second-order valence-electron chi connectivity index (χ2n) is 5.92. The van der Waals surface area contributed by atoms with E-state index in [0.717, 1.165) is 11.4 Å². The van der Waals surface area contributed by atoms with E-state index >= 15 is 0 Å². The van der Waals surface area contributed by atoms with Crippen LogP contribution in [0.3, 0.4) is 0 Å². The van der Waals surface area contributed by atoms with E-state index < -0.39 is 6.09 Å². The average molecular weight is 303 g/mol. The number of amides is 1. The van der Waals surface area contributed by atoms with Crippen LogP contribution in [0.25, 0.3) is 0 Å². The summed E-state index contributed by atoms with van der Waals surface area (Å²) in [5.41, 5.74) is 1.44. The third-order valence-corrected chi connectivity index (χ3v) is 3.03. The maximum Gasteiger partial charge on any atom is 0.411 e. The lowest BCUT2D eigenvalue weighted by Crippen LogP contribution is -2.11. The van der Waals surface area contributed by atoms with E-state index in [1.807, 2.05) is 18.2 Å². The van der Waals surface area contributed by atoms with Crippen molar-refractivity contribution in [2.24, 2.45) is 0 Å². The van der Waals surface area contributed by atoms with Gasteiger partial charge in [0.25, 0.3) is 0 Å². The molecule has 6 heteroatoms. The predicted octanol–water partition coefficient (Wildman–Crippen LogP) is 3.76. The van der Waals surface area contributed by atoms with Crippen molar-refractivity contribution in [3.05, 3.63) is 42.1 Å². The number of anilines is 2. The number of aromatic nitrogens is 1. The first-order chi connectivity index (χ1) is 10.4. The Morgan fingerprint density at radius 1 is 1.32 bits per heavy atom. The molecule has 0 bridgehead atoms. The van der Waals surface area contributed by atoms with Crippen LogP contribution in [-0.2, 0) is 16.7 Å². The predicted molar refractivity (Wildman–Crippen MR) is 85.0 cm³/mol. The van der Waals surface area contributed by atoms with Gasteiger partial charge >= 0.3 is 6.09 Å². The molecule has 6 nitrogen and oxygen atoms in total. The molecule has 0 spiro atoms. The second kappa shape index (κ2) is 6.51. The van der Waals surface area contributed by atoms with Gasteiger partial charge in [0, 0.05) is 16.8 Å². The summed E-state index contributed by atoms with van der Waals surface area (Å²) in [4.78, 5) is 15.5. The Bertz CT molecular complexity index is 644. The standard InChI is InChI=1S/C16H21N3O3/c1-16(2,3)13-9-18-14(22-13)10-17-11-6-5-7-12(8-11)19-15(20)21-4/h5-9,17H,10H2,1-4H3,(H,19,20). The maximum atomic E-state index is 11.2. The second-order valence-corrected chi connectivity index (χ2v) is 5.92. The summed E-state index contributed by atoms with van der Waals surface area (Å²) >= 11 is 0. The molecule has 2 aromatic rings. The van der Waals surface area contributed by atoms with Gasteiger partial charge in [-0.15, -0.1) is 0 Å². The summed E-state index contributed by atoms with van der Waals surface area (Å²) in [6, 6.07) is 7.33. The minimum atomic E-state index is -0.500. The molecule has 2 N–H and O–H groups in total. The maximum absolute atomic E-state index is 11.2. The highest BCUT2D eigenvalue weighted by Gasteiger charge is 2.18. The Morgan fingerprint density at radius 3 is 2.68 bits per heavy atom. The van der Waals surface area contributed by atoms with Crippen molar-refractivity contribution in [2.75, 3.05) is 17.7 Å². The van der Waals surface area contributed by atoms with Gasteiger partial charge in [-0.05, 0) is 18.2 Å². The number of rotatable bonds is 4. The summed E-state index contributed by atoms with van der Waals surface area (Å²) in [6.07, 6.45) is 1.26. The molecule has 118 valence electrons. The van der Waals surface area contributed by atoms with Crippen LogP contribution in [0.5, 0.6) is 0 Å². The van der Waals surface area contributed by atoms with Gasteiger partial charge in [-0.2, -0.15) is 0 Å². The van der Waals surface area contributed by atoms with E-state index in [9.17, 15) is 4.79 Å². The van der Waals surface area contributed by atoms with Gasteiger partial charge < -0.3 is 14.5 Å². The lowest BCUT2D eigenvalue weighted by Gasteiger charge is -2.13. The van der Waals surface area contributed by atoms with Crippen LogP contribution in [0, 0.1) is 0 Å². The molecule has 1 amide bonds. The zero-order valence-electron chi connectivity index (χ0n) is 13.3. The molecule has 0 radical (unpaired) electrons. The molecule has 2 rings (SSSR count). The van der Waals surface area contributed by atoms with Crippen LogP contribution >= 0.6 is 0 Å². The Hall–Kier alpha value is -2.50. The summed E-state index contributed by atoms with van der Waals surface area (Å²) in [5.74, 6) is 1.47. The van der Waals surface area contributed by atoms with Crippen LogP contribution in [0.2, 0.25) is 0 Å². The molecule has 1 aromatic heterocycles. The van der Waals surface area contributed by atoms with Gasteiger partial charge in [-0.1, -0.05) is 26.8 Å². The van der Waals surface area contributed by atoms with Crippen molar-refractivity contribution in [2.45, 2.75) is 32.7 Å². The third kappa shape index (κ3) is 4.25. The highest BCUT2D eigenvalue weighted by Crippen LogP contribution is 2.23. The number of oxazole rings is 1. The Labute approximate surface area is 129 Å². The highest BCUT2D eigenvalue weighted by molar-refractivity contribution is 5.85. The number of ether oxygens (including phenoxy) is 1. The number of hydrogen-bond acceptors (Lipinski definition) is 5. The van der Waals surface area contributed by atoms with Gasteiger partial charge in [0.1, 0.15) is 5.76 Å². The molecular formula is C16H21N3O3. The van der Waals surface area contributed by atoms with Crippen molar-refractivity contribution in [1.29, 1.82) is 0 Å². The number of benzene rings is 1. The lowest BCUT2D eigenvalue weighted by atomic mass is 9.94. The highest BCUT2D eigenvalue weighted by atomic mass is 16.5. The molecule has 0 aliphatic rings. The minimum Gasteiger partial charge on any atom is -0.453 e. The monoisotopic (exact) mass is 303 g/mol. The Kier molecular flexibility index (Phi) is 4.70. The number of carbonyl (C=O) groups is 1. The van der Waals surface area contributed by atoms with E-state index in [1.165, 1.54) is 7.11 Å². The van der Waals surface area contributed by atoms with Crippen LogP contribution in [0.15, 0.2) is 34.9 Å². The lowest BCUT2D eigenvalue weighted by molar-refractivity contribution is 0.187. The van der Waals surface area contributed by atoms with Crippen molar-refractivity contribution in [1.82, 2.24) is 4.98 Å². The number of nitrogens with zero attached hydrogens (tertiary/aromatic N) is 1. The van der Waals surface area contributed by atoms with Gasteiger partial charge in [-0.3, -0.25) is 5.32 Å². The normalized spacial score (nSPS) is 11.1. The summed E-state index contributed by atoms with van der Waals surface area (Å²) in [5, 5.41) is 5.82. The van der Waals surface area contributed by atoms with Crippen molar-refractivity contribution < 1.29 is 13.9 Å². The van der Waals surface area contributed by atoms with Crippen molar-refractivity contribution in [3.63, 3.8) is 0 Å². The zero-order chi connectivity index (χ0) is 16.2. The van der Waals surface area contributed by atoms with Crippen LogP contribution in [0.1, 0.15) is 32.4 Å². The van der Waals surface area contributed by atoms with E-state index in [0.29, 0.717) is 18.1 Å². The number of carbonyl (C=O) groups excluding carboxylic acids is 1. The molecule has 0 unspecified atom stereocenters. The molecule has 0 saturated carbocycles. The number of hydrogen-bond donors (Lipinski definition) is 2. The van der Waals surface area contributed by atoms with Crippen LogP contribution in [-0.4, -0.2) is 18.2 Å². The molecule has 1 heterocycles. The summed E-state index contributed by atoms with van der Waals surface area (Å²) in [6.45, 7) is 6.70. The first-order valence-corrected chi connectivity index (χ1v) is 7.02. The molecule has 22 heavy (non-hydrogen) atoms. The number of methoxy groups -OCH3 is 1. The van der Waals surface area contributed by atoms with E-state index in [-0.39, 0.29) is 5.41 Å². The fraction of sp³-hybridized carbons (Fsp3) is 0.375. The molecule has 0 aliphatic carbocycles.